The molecule has 2 N–H and O–H groups in total. The van der Waals surface area contributed by atoms with Crippen LogP contribution in [0.3, 0.4) is 0 Å². The van der Waals surface area contributed by atoms with E-state index in [1.54, 1.807) is 0 Å². The van der Waals surface area contributed by atoms with Gasteiger partial charge in [0, 0.05) is 25.6 Å². The molecule has 2 aliphatic heterocycles. The molecule has 140 valence electrons. The average Bonchev–Trinajstić information content (AvgIpc) is 2.59. The number of carbonyl (C=O) groups is 2. The summed E-state index contributed by atoms with van der Waals surface area (Å²) in [5, 5.41) is 6.53. The summed E-state index contributed by atoms with van der Waals surface area (Å²) < 4.78 is 0. The van der Waals surface area contributed by atoms with Gasteiger partial charge in [0.05, 0.1) is 5.92 Å². The molecule has 24 heavy (non-hydrogen) atoms. The van der Waals surface area contributed by atoms with Gasteiger partial charge in [0.2, 0.25) is 11.8 Å². The van der Waals surface area contributed by atoms with Gasteiger partial charge in [-0.25, -0.2) is 0 Å². The van der Waals surface area contributed by atoms with E-state index in [1.807, 2.05) is 18.7 Å². The van der Waals surface area contributed by atoms with Gasteiger partial charge < -0.3 is 15.5 Å². The van der Waals surface area contributed by atoms with Gasteiger partial charge in [0.25, 0.3) is 0 Å². The normalized spacial score (nSPS) is 24.6. The maximum atomic E-state index is 12.5. The number of piperidine rings is 2. The fraction of sp³-hybridized carbons (Fsp3) is 0.889. The van der Waals surface area contributed by atoms with E-state index in [1.165, 1.54) is 0 Å². The van der Waals surface area contributed by atoms with Crippen LogP contribution in [-0.4, -0.2) is 49.4 Å². The van der Waals surface area contributed by atoms with E-state index >= 15 is 0 Å². The third-order valence-electron chi connectivity index (χ3n) is 5.64. The molecule has 5 nitrogen and oxygen atoms in total. The van der Waals surface area contributed by atoms with E-state index in [2.05, 4.69) is 17.6 Å². The predicted molar refractivity (Wildman–Crippen MR) is 99.2 cm³/mol. The van der Waals surface area contributed by atoms with Crippen LogP contribution in [0.25, 0.3) is 0 Å². The standard InChI is InChI=1S/C18H33N3O2.ClH/c1-4-14(2)17(23)21-11-5-6-15(12-21)16(22)20-13-18(3)7-9-19-10-8-18;/h14-15,19H,4-13H2,1-3H3,(H,20,22);1H. The molecule has 2 aliphatic rings. The summed E-state index contributed by atoms with van der Waals surface area (Å²) in [5.41, 5.74) is 0.210. The first kappa shape index (κ1) is 21.2. The van der Waals surface area contributed by atoms with E-state index in [9.17, 15) is 9.59 Å². The Morgan fingerprint density at radius 2 is 2.00 bits per heavy atom. The molecular weight excluding hydrogens is 326 g/mol. The fourth-order valence-electron chi connectivity index (χ4n) is 3.53. The lowest BCUT2D eigenvalue weighted by atomic mass is 9.81. The highest BCUT2D eigenvalue weighted by Gasteiger charge is 2.32. The summed E-state index contributed by atoms with van der Waals surface area (Å²) >= 11 is 0. The lowest BCUT2D eigenvalue weighted by Gasteiger charge is -2.36. The minimum atomic E-state index is -0.0397. The van der Waals surface area contributed by atoms with E-state index in [-0.39, 0.29) is 41.5 Å². The zero-order chi connectivity index (χ0) is 16.9. The van der Waals surface area contributed by atoms with Gasteiger partial charge in [-0.15, -0.1) is 12.4 Å². The summed E-state index contributed by atoms with van der Waals surface area (Å²) in [6, 6.07) is 0. The van der Waals surface area contributed by atoms with Crippen LogP contribution in [0.1, 0.15) is 52.9 Å². The molecule has 2 saturated heterocycles. The van der Waals surface area contributed by atoms with Gasteiger partial charge >= 0.3 is 0 Å². The van der Waals surface area contributed by atoms with Crippen molar-refractivity contribution >= 4 is 24.2 Å². The molecule has 0 aliphatic carbocycles. The number of hydrogen-bond donors (Lipinski definition) is 2. The maximum Gasteiger partial charge on any atom is 0.225 e. The second kappa shape index (κ2) is 9.62. The zero-order valence-corrected chi connectivity index (χ0v) is 16.2. The Morgan fingerprint density at radius 1 is 1.33 bits per heavy atom. The van der Waals surface area contributed by atoms with Crippen LogP contribution in [0.5, 0.6) is 0 Å². The molecular formula is C18H34ClN3O2. The van der Waals surface area contributed by atoms with Crippen LogP contribution >= 0.6 is 12.4 Å². The van der Waals surface area contributed by atoms with Gasteiger partial charge in [-0.2, -0.15) is 0 Å². The summed E-state index contributed by atoms with van der Waals surface area (Å²) in [4.78, 5) is 26.8. The smallest absolute Gasteiger partial charge is 0.225 e. The predicted octanol–water partition coefficient (Wildman–Crippen LogP) is 2.20. The minimum absolute atomic E-state index is 0. The van der Waals surface area contributed by atoms with E-state index < -0.39 is 0 Å². The third kappa shape index (κ3) is 5.62. The van der Waals surface area contributed by atoms with Crippen LogP contribution < -0.4 is 10.6 Å². The zero-order valence-electron chi connectivity index (χ0n) is 15.4. The van der Waals surface area contributed by atoms with Gasteiger partial charge in [0.1, 0.15) is 0 Å². The Hall–Kier alpha value is -0.810. The monoisotopic (exact) mass is 359 g/mol. The maximum absolute atomic E-state index is 12.5. The van der Waals surface area contributed by atoms with Crippen molar-refractivity contribution in [3.63, 3.8) is 0 Å². The Balaban J connectivity index is 0.00000288. The van der Waals surface area contributed by atoms with Crippen molar-refractivity contribution in [3.05, 3.63) is 0 Å². The van der Waals surface area contributed by atoms with Crippen LogP contribution in [0.15, 0.2) is 0 Å². The number of halogens is 1. The fourth-order valence-corrected chi connectivity index (χ4v) is 3.53. The van der Waals surface area contributed by atoms with Crippen LogP contribution in [0.4, 0.5) is 0 Å². The highest BCUT2D eigenvalue weighted by molar-refractivity contribution is 5.85. The molecule has 2 fully saturated rings. The van der Waals surface area contributed by atoms with Crippen molar-refractivity contribution in [3.8, 4) is 0 Å². The lowest BCUT2D eigenvalue weighted by molar-refractivity contribution is -0.139. The molecule has 2 unspecified atom stereocenters. The number of nitrogens with zero attached hydrogens (tertiary/aromatic N) is 1. The molecule has 0 aromatic heterocycles. The van der Waals surface area contributed by atoms with Crippen molar-refractivity contribution in [1.82, 2.24) is 15.5 Å². The van der Waals surface area contributed by atoms with Crippen LogP contribution in [0, 0.1) is 17.3 Å². The molecule has 2 rings (SSSR count). The topological polar surface area (TPSA) is 61.4 Å². The molecule has 0 bridgehead atoms. The highest BCUT2D eigenvalue weighted by atomic mass is 35.5. The van der Waals surface area contributed by atoms with Gasteiger partial charge in [-0.3, -0.25) is 9.59 Å². The Kier molecular flexibility index (Phi) is 8.51. The van der Waals surface area contributed by atoms with Crippen molar-refractivity contribution < 1.29 is 9.59 Å². The van der Waals surface area contributed by atoms with E-state index in [0.717, 1.165) is 58.3 Å². The van der Waals surface area contributed by atoms with E-state index in [0.29, 0.717) is 6.54 Å². The average molecular weight is 360 g/mol. The van der Waals surface area contributed by atoms with Crippen LogP contribution in [0.2, 0.25) is 0 Å². The molecule has 0 saturated carbocycles. The van der Waals surface area contributed by atoms with Crippen molar-refractivity contribution in [2.24, 2.45) is 17.3 Å². The second-order valence-electron chi connectivity index (χ2n) is 7.71. The molecule has 2 atom stereocenters. The molecule has 2 heterocycles. The Bertz CT molecular complexity index is 424. The summed E-state index contributed by atoms with van der Waals surface area (Å²) in [5.74, 6) is 0.356. The molecule has 0 spiro atoms. The van der Waals surface area contributed by atoms with Gasteiger partial charge in [0.15, 0.2) is 0 Å². The number of carbonyl (C=O) groups excluding carboxylic acids is 2. The summed E-state index contributed by atoms with van der Waals surface area (Å²) in [7, 11) is 0. The molecule has 0 radical (unpaired) electrons. The van der Waals surface area contributed by atoms with Gasteiger partial charge in [-0.05, 0) is 50.6 Å². The lowest BCUT2D eigenvalue weighted by Crippen LogP contribution is -2.49. The van der Waals surface area contributed by atoms with Gasteiger partial charge in [-0.1, -0.05) is 20.8 Å². The largest absolute Gasteiger partial charge is 0.355 e. The Morgan fingerprint density at radius 3 is 2.62 bits per heavy atom. The number of hydrogen-bond acceptors (Lipinski definition) is 3. The second-order valence-corrected chi connectivity index (χ2v) is 7.71. The summed E-state index contributed by atoms with van der Waals surface area (Å²) in [6.45, 7) is 10.5. The highest BCUT2D eigenvalue weighted by Crippen LogP contribution is 2.27. The van der Waals surface area contributed by atoms with Crippen molar-refractivity contribution in [2.45, 2.75) is 52.9 Å². The minimum Gasteiger partial charge on any atom is -0.355 e. The molecule has 2 amide bonds. The van der Waals surface area contributed by atoms with Crippen molar-refractivity contribution in [2.75, 3.05) is 32.7 Å². The third-order valence-corrected chi connectivity index (χ3v) is 5.64. The molecule has 0 aromatic carbocycles. The quantitative estimate of drug-likeness (QED) is 0.791. The molecule has 0 aromatic rings. The first-order chi connectivity index (χ1) is 10.9. The summed E-state index contributed by atoms with van der Waals surface area (Å²) in [6.07, 6.45) is 4.90. The number of likely N-dealkylation sites (tertiary alicyclic amines) is 1. The van der Waals surface area contributed by atoms with Crippen molar-refractivity contribution in [1.29, 1.82) is 0 Å². The number of rotatable bonds is 5. The van der Waals surface area contributed by atoms with E-state index in [4.69, 9.17) is 0 Å². The first-order valence-corrected chi connectivity index (χ1v) is 9.22. The SMILES string of the molecule is CCC(C)C(=O)N1CCCC(C(=O)NCC2(C)CCNCC2)C1.Cl. The Labute approximate surface area is 152 Å². The first-order valence-electron chi connectivity index (χ1n) is 9.22. The molecule has 6 heteroatoms. The number of amides is 2. The number of nitrogens with one attached hydrogen (secondary N) is 2. The van der Waals surface area contributed by atoms with Crippen LogP contribution in [-0.2, 0) is 9.59 Å².